The Balaban J connectivity index is 2.25. The van der Waals surface area contributed by atoms with E-state index in [2.05, 4.69) is 0 Å². The third kappa shape index (κ3) is 5.54. The fourth-order valence-electron chi connectivity index (χ4n) is 3.68. The van der Waals surface area contributed by atoms with Crippen LogP contribution >= 0.6 is 0 Å². The molecule has 2 atom stereocenters. The maximum absolute atomic E-state index is 13.9. The van der Waals surface area contributed by atoms with E-state index in [1.807, 2.05) is 19.1 Å². The Kier molecular flexibility index (Phi) is 7.79. The first kappa shape index (κ1) is 25.6. The summed E-state index contributed by atoms with van der Waals surface area (Å²) in [5.74, 6) is 0. The molecule has 2 unspecified atom stereocenters. The van der Waals surface area contributed by atoms with Crippen LogP contribution in [-0.4, -0.2) is 17.0 Å². The second-order valence-electron chi connectivity index (χ2n) is 7.78. The third-order valence-electron chi connectivity index (χ3n) is 5.16. The van der Waals surface area contributed by atoms with Crippen LogP contribution in [0.25, 0.3) is 0 Å². The first-order valence-electron chi connectivity index (χ1n) is 10.1. The van der Waals surface area contributed by atoms with E-state index in [4.69, 9.17) is 5.73 Å². The van der Waals surface area contributed by atoms with Crippen molar-refractivity contribution < 1.29 is 39.0 Å². The summed E-state index contributed by atoms with van der Waals surface area (Å²) < 4.78 is 69.0. The molecule has 4 nitrogen and oxygen atoms in total. The molecule has 0 aromatic heterocycles. The molecule has 0 bridgehead atoms. The van der Waals surface area contributed by atoms with Crippen LogP contribution in [0.3, 0.4) is 0 Å². The van der Waals surface area contributed by atoms with Crippen LogP contribution in [0.15, 0.2) is 72.8 Å². The Morgan fingerprint density at radius 3 is 1.76 bits per heavy atom. The van der Waals surface area contributed by atoms with Gasteiger partial charge in [-0.2, -0.15) is 0 Å². The summed E-state index contributed by atoms with van der Waals surface area (Å²) in [6, 6.07) is 18.4. The monoisotopic (exact) mass is 565 g/mol. The Hall–Kier alpha value is -2.06. The van der Waals surface area contributed by atoms with Crippen molar-refractivity contribution in [1.29, 1.82) is 0 Å². The van der Waals surface area contributed by atoms with Crippen LogP contribution in [0.2, 0.25) is 0 Å². The second-order valence-corrected chi connectivity index (χ2v) is 12.4. The first-order valence-corrected chi connectivity index (χ1v) is 13.3. The molecule has 0 heterocycles. The van der Waals surface area contributed by atoms with Crippen molar-refractivity contribution in [3.63, 3.8) is 0 Å². The van der Waals surface area contributed by atoms with Gasteiger partial charge in [0.05, 0.1) is 0 Å². The number of nitrogens with two attached hydrogens (primary N) is 1. The molecule has 0 saturated heterocycles. The van der Waals surface area contributed by atoms with E-state index in [-0.39, 0.29) is 0 Å². The minimum atomic E-state index is -5.68. The first-order chi connectivity index (χ1) is 15.4. The van der Waals surface area contributed by atoms with Gasteiger partial charge in [0.25, 0.3) is 0 Å². The van der Waals surface area contributed by atoms with Crippen LogP contribution in [0.5, 0.6) is 0 Å². The zero-order valence-corrected chi connectivity index (χ0v) is 21.0. The Labute approximate surface area is 200 Å². The molecular weight excluding hydrogens is 538 g/mol. The molecule has 0 aliphatic carbocycles. The molecule has 0 fully saturated rings. The van der Waals surface area contributed by atoms with Crippen molar-refractivity contribution in [2.75, 3.05) is 0 Å². The Morgan fingerprint density at radius 2 is 1.30 bits per heavy atom. The van der Waals surface area contributed by atoms with E-state index < -0.39 is 45.0 Å². The van der Waals surface area contributed by atoms with E-state index in [1.165, 1.54) is 0 Å². The fraction of sp³-hybridized carbons (Fsp3) is 0.250. The molecule has 0 aliphatic rings. The van der Waals surface area contributed by atoms with E-state index in [9.17, 15) is 21.6 Å². The van der Waals surface area contributed by atoms with Gasteiger partial charge in [-0.1, -0.05) is 0 Å². The van der Waals surface area contributed by atoms with Crippen molar-refractivity contribution in [2.24, 2.45) is 5.73 Å². The molecule has 0 radical (unpaired) electrons. The van der Waals surface area contributed by atoms with E-state index in [1.54, 1.807) is 74.5 Å². The molecule has 0 aliphatic heterocycles. The van der Waals surface area contributed by atoms with E-state index in [0.717, 1.165) is 16.7 Å². The van der Waals surface area contributed by atoms with Gasteiger partial charge in [0.15, 0.2) is 0 Å². The van der Waals surface area contributed by atoms with Gasteiger partial charge in [-0.05, 0) is 0 Å². The number of aryl methyl sites for hydroxylation is 3. The van der Waals surface area contributed by atoms with Crippen LogP contribution in [0.4, 0.5) is 13.2 Å². The van der Waals surface area contributed by atoms with Gasteiger partial charge in [0.1, 0.15) is 0 Å². The Morgan fingerprint density at radius 1 is 0.848 bits per heavy atom. The average molecular weight is 565 g/mol. The summed E-state index contributed by atoms with van der Waals surface area (Å²) in [5.41, 5.74) is 4.51. The number of halogens is 3. The van der Waals surface area contributed by atoms with Crippen molar-refractivity contribution >= 4 is 14.2 Å². The van der Waals surface area contributed by atoms with Crippen LogP contribution in [0, 0.1) is 20.8 Å². The number of sulfonamides is 1. The molecule has 9 heteroatoms. The van der Waals surface area contributed by atoms with Crippen molar-refractivity contribution in [1.82, 2.24) is 3.05 Å². The Bertz CT molecular complexity index is 1180. The van der Waals surface area contributed by atoms with Crippen molar-refractivity contribution in [3.05, 3.63) is 101 Å². The topological polar surface area (TPSA) is 63.4 Å². The normalized spacial score (nSPS) is 14.4. The number of rotatable bonds is 7. The summed E-state index contributed by atoms with van der Waals surface area (Å²) in [7, 11) is -5.68. The second kappa shape index (κ2) is 10.1. The number of benzene rings is 3. The van der Waals surface area contributed by atoms with Gasteiger partial charge in [0, 0.05) is 0 Å². The molecule has 0 amide bonds. The van der Waals surface area contributed by atoms with Crippen LogP contribution in [-0.2, 0) is 27.4 Å². The standard InChI is InChI=1S/C15H14F3N2O2S.C9H11.Ru.H/c16-15(17,18)23(21,22)20-14(12-9-5-2-6-10-12)13(19)11-7-3-1-4-8-11;1-7-4-8(2)6-9(3)5-7;;/h1-10,13-14H,19H2;4-5H,1-3H3;;/q-1;;+1;. The molecular formula is C24H26F3N2O2RuS. The zero-order valence-electron chi connectivity index (χ0n) is 18.3. The predicted molar refractivity (Wildman–Crippen MR) is 121 cm³/mol. The van der Waals surface area contributed by atoms with E-state index >= 15 is 0 Å². The van der Waals surface area contributed by atoms with Gasteiger partial charge >= 0.3 is 201 Å². The maximum atomic E-state index is 13.9. The van der Waals surface area contributed by atoms with Crippen molar-refractivity contribution in [3.8, 4) is 0 Å². The summed E-state index contributed by atoms with van der Waals surface area (Å²) in [6.07, 6.45) is 0. The molecule has 2 N–H and O–H groups in total. The van der Waals surface area contributed by atoms with Crippen LogP contribution < -0.4 is 9.89 Å². The number of hydrogen-bond donors (Lipinski definition) is 1. The van der Waals surface area contributed by atoms with Gasteiger partial charge < -0.3 is 0 Å². The molecule has 3 aromatic rings. The molecule has 3 aromatic carbocycles. The molecule has 0 saturated carbocycles. The SMILES string of the molecule is Cc1cc(C)[c]([RuH][N](C(c2ccccc2)C(N)c2ccccc2)S(=O)(=O)C(F)(F)F)c(C)c1. The van der Waals surface area contributed by atoms with Gasteiger partial charge in [-0.15, -0.1) is 0 Å². The predicted octanol–water partition coefficient (Wildman–Crippen LogP) is 4.56. The third-order valence-corrected chi connectivity index (χ3v) is 11.0. The quantitative estimate of drug-likeness (QED) is 0.428. The van der Waals surface area contributed by atoms with Crippen LogP contribution in [0.1, 0.15) is 39.9 Å². The van der Waals surface area contributed by atoms with Gasteiger partial charge in [-0.25, -0.2) is 0 Å². The molecule has 33 heavy (non-hydrogen) atoms. The molecule has 179 valence electrons. The summed E-state index contributed by atoms with van der Waals surface area (Å²) in [6.45, 7) is 5.48. The van der Waals surface area contributed by atoms with E-state index in [0.29, 0.717) is 18.3 Å². The number of alkyl halides is 3. The van der Waals surface area contributed by atoms with Gasteiger partial charge in [0.2, 0.25) is 0 Å². The molecule has 3 rings (SSSR count). The number of hydrogen-bond acceptors (Lipinski definition) is 3. The van der Waals surface area contributed by atoms with Crippen molar-refractivity contribution in [2.45, 2.75) is 38.4 Å². The molecule has 0 spiro atoms. The summed E-state index contributed by atoms with van der Waals surface area (Å²) >= 11 is -1.80. The summed E-state index contributed by atoms with van der Waals surface area (Å²) in [5, 5.41) is 0. The summed E-state index contributed by atoms with van der Waals surface area (Å²) in [4.78, 5) is 0. The fourth-order valence-corrected chi connectivity index (χ4v) is 8.35. The zero-order chi connectivity index (χ0) is 24.4. The average Bonchev–Trinajstić information content (AvgIpc) is 2.75. The minimum absolute atomic E-state index is 0.406. The van der Waals surface area contributed by atoms with Gasteiger partial charge in [-0.3, -0.25) is 0 Å². The number of nitrogens with zero attached hydrogens (tertiary/aromatic N) is 1.